The monoisotopic (exact) mass is 359 g/mol. The van der Waals surface area contributed by atoms with Gasteiger partial charge in [-0.3, -0.25) is 4.79 Å². The topological polar surface area (TPSA) is 99.1 Å². The van der Waals surface area contributed by atoms with Crippen molar-refractivity contribution in [3.05, 3.63) is 35.9 Å². The lowest BCUT2D eigenvalue weighted by Crippen LogP contribution is -2.44. The van der Waals surface area contributed by atoms with Crippen molar-refractivity contribution in [2.75, 3.05) is 19.6 Å². The maximum atomic E-state index is 12.5. The van der Waals surface area contributed by atoms with Crippen molar-refractivity contribution in [2.24, 2.45) is 16.8 Å². The van der Waals surface area contributed by atoms with Crippen LogP contribution < -0.4 is 5.32 Å². The molecule has 1 fully saturated rings. The number of benzene rings is 1. The van der Waals surface area contributed by atoms with E-state index >= 15 is 0 Å². The second-order valence-electron chi connectivity index (χ2n) is 6.75. The standard InChI is InChI=1S/C19H25N3O4/c23-14-20-10-16-7-4-8-17(9-16)11-21-19(26)22(13-18(24)25)12-15-5-2-1-3-6-15/h1-3,5-6,16-17H,4,7-13H2,(H,21,26)(H,24,25). The van der Waals surface area contributed by atoms with E-state index in [0.717, 1.165) is 31.2 Å². The van der Waals surface area contributed by atoms with Gasteiger partial charge in [-0.2, -0.15) is 0 Å². The molecule has 26 heavy (non-hydrogen) atoms. The van der Waals surface area contributed by atoms with Crippen molar-refractivity contribution in [2.45, 2.75) is 32.2 Å². The third-order valence-corrected chi connectivity index (χ3v) is 4.68. The van der Waals surface area contributed by atoms with E-state index < -0.39 is 5.97 Å². The first-order valence-electron chi connectivity index (χ1n) is 8.90. The molecule has 2 amide bonds. The third-order valence-electron chi connectivity index (χ3n) is 4.68. The van der Waals surface area contributed by atoms with Crippen molar-refractivity contribution in [1.29, 1.82) is 0 Å². The average molecular weight is 359 g/mol. The molecule has 2 unspecified atom stereocenters. The lowest BCUT2D eigenvalue weighted by molar-refractivity contribution is -0.137. The Morgan fingerprint density at radius 2 is 1.96 bits per heavy atom. The van der Waals surface area contributed by atoms with Crippen molar-refractivity contribution < 1.29 is 19.5 Å². The molecule has 1 aromatic carbocycles. The van der Waals surface area contributed by atoms with Gasteiger partial charge in [-0.25, -0.2) is 14.6 Å². The summed E-state index contributed by atoms with van der Waals surface area (Å²) >= 11 is 0. The van der Waals surface area contributed by atoms with E-state index in [4.69, 9.17) is 5.11 Å². The van der Waals surface area contributed by atoms with Crippen LogP contribution in [0.2, 0.25) is 0 Å². The van der Waals surface area contributed by atoms with Crippen molar-refractivity contribution in [3.8, 4) is 0 Å². The fourth-order valence-corrected chi connectivity index (χ4v) is 3.43. The Morgan fingerprint density at radius 3 is 2.65 bits per heavy atom. The Morgan fingerprint density at radius 1 is 1.23 bits per heavy atom. The van der Waals surface area contributed by atoms with Gasteiger partial charge in [0, 0.05) is 13.1 Å². The Labute approximate surface area is 153 Å². The lowest BCUT2D eigenvalue weighted by Gasteiger charge is -2.29. The fraction of sp³-hybridized carbons (Fsp3) is 0.526. The summed E-state index contributed by atoms with van der Waals surface area (Å²) in [5, 5.41) is 12.0. The van der Waals surface area contributed by atoms with E-state index in [-0.39, 0.29) is 19.1 Å². The SMILES string of the molecule is O=C=NCC1CCCC(CNC(=O)N(CC(=O)O)Cc2ccccc2)C1. The van der Waals surface area contributed by atoms with E-state index in [1.165, 1.54) is 4.90 Å². The minimum atomic E-state index is -1.04. The zero-order valence-corrected chi connectivity index (χ0v) is 14.8. The molecule has 0 radical (unpaired) electrons. The molecule has 2 atom stereocenters. The number of rotatable bonds is 8. The molecule has 0 aromatic heterocycles. The molecule has 2 rings (SSSR count). The van der Waals surface area contributed by atoms with Crippen LogP contribution in [0.1, 0.15) is 31.2 Å². The normalized spacial score (nSPS) is 19.2. The van der Waals surface area contributed by atoms with Crippen LogP contribution in [-0.2, 0) is 16.1 Å². The van der Waals surface area contributed by atoms with Crippen molar-refractivity contribution >= 4 is 18.1 Å². The number of nitrogens with zero attached hydrogens (tertiary/aromatic N) is 2. The largest absolute Gasteiger partial charge is 0.480 e. The van der Waals surface area contributed by atoms with Gasteiger partial charge in [-0.15, -0.1) is 0 Å². The first kappa shape index (κ1) is 19.7. The van der Waals surface area contributed by atoms with Crippen LogP contribution in [0.25, 0.3) is 0 Å². The van der Waals surface area contributed by atoms with Crippen LogP contribution in [0.5, 0.6) is 0 Å². The third kappa shape index (κ3) is 6.69. The number of hydrogen-bond donors (Lipinski definition) is 2. The number of aliphatic imine (C=N–C) groups is 1. The molecule has 1 saturated carbocycles. The van der Waals surface area contributed by atoms with Gasteiger partial charge in [0.2, 0.25) is 6.08 Å². The summed E-state index contributed by atoms with van der Waals surface area (Å²) in [7, 11) is 0. The molecule has 7 heteroatoms. The Bertz CT molecular complexity index is 643. The van der Waals surface area contributed by atoms with Gasteiger partial charge < -0.3 is 15.3 Å². The zero-order valence-electron chi connectivity index (χ0n) is 14.8. The lowest BCUT2D eigenvalue weighted by atomic mass is 9.81. The maximum absolute atomic E-state index is 12.5. The van der Waals surface area contributed by atoms with Crippen LogP contribution in [-0.4, -0.2) is 47.7 Å². The quantitative estimate of drug-likeness (QED) is 0.550. The molecular formula is C19H25N3O4. The van der Waals surface area contributed by atoms with E-state index in [9.17, 15) is 14.4 Å². The second kappa shape index (κ2) is 10.4. The molecule has 0 bridgehead atoms. The number of hydrogen-bond acceptors (Lipinski definition) is 4. The van der Waals surface area contributed by atoms with Gasteiger partial charge in [0.25, 0.3) is 0 Å². The Balaban J connectivity index is 1.87. The van der Waals surface area contributed by atoms with E-state index in [0.29, 0.717) is 24.9 Å². The summed E-state index contributed by atoms with van der Waals surface area (Å²) in [4.78, 5) is 38.8. The molecule has 1 aromatic rings. The summed E-state index contributed by atoms with van der Waals surface area (Å²) in [6.07, 6.45) is 5.58. The zero-order chi connectivity index (χ0) is 18.8. The van der Waals surface area contributed by atoms with Crippen LogP contribution >= 0.6 is 0 Å². The number of carbonyl (C=O) groups is 2. The number of carboxylic acids is 1. The highest BCUT2D eigenvalue weighted by Gasteiger charge is 2.23. The molecule has 0 spiro atoms. The highest BCUT2D eigenvalue weighted by molar-refractivity contribution is 5.80. The minimum Gasteiger partial charge on any atom is -0.480 e. The number of urea groups is 1. The minimum absolute atomic E-state index is 0.250. The molecule has 1 aliphatic carbocycles. The van der Waals surface area contributed by atoms with Gasteiger partial charge in [0.15, 0.2) is 0 Å². The number of carboxylic acid groups (broad SMARTS) is 1. The summed E-state index contributed by atoms with van der Waals surface area (Å²) in [5.74, 6) is -0.366. The Hall–Kier alpha value is -2.66. The van der Waals surface area contributed by atoms with Gasteiger partial charge in [0.1, 0.15) is 6.54 Å². The molecule has 0 aliphatic heterocycles. The van der Waals surface area contributed by atoms with Crippen LogP contribution in [0.3, 0.4) is 0 Å². The van der Waals surface area contributed by atoms with Crippen LogP contribution in [0, 0.1) is 11.8 Å². The number of nitrogens with one attached hydrogen (secondary N) is 1. The predicted octanol–water partition coefficient (Wildman–Crippen LogP) is 2.42. The van der Waals surface area contributed by atoms with Gasteiger partial charge in [0.05, 0.1) is 6.54 Å². The highest BCUT2D eigenvalue weighted by Crippen LogP contribution is 2.28. The number of amides is 2. The fourth-order valence-electron chi connectivity index (χ4n) is 3.43. The van der Waals surface area contributed by atoms with Gasteiger partial charge in [-0.05, 0) is 36.7 Å². The summed E-state index contributed by atoms with van der Waals surface area (Å²) in [6.45, 7) is 0.903. The second-order valence-corrected chi connectivity index (χ2v) is 6.75. The summed E-state index contributed by atoms with van der Waals surface area (Å²) < 4.78 is 0. The van der Waals surface area contributed by atoms with E-state index in [1.807, 2.05) is 30.3 Å². The Kier molecular flexibility index (Phi) is 7.83. The van der Waals surface area contributed by atoms with E-state index in [2.05, 4.69) is 10.3 Å². The molecular weight excluding hydrogens is 334 g/mol. The first-order valence-corrected chi connectivity index (χ1v) is 8.90. The number of aliphatic carboxylic acids is 1. The molecule has 7 nitrogen and oxygen atoms in total. The summed E-state index contributed by atoms with van der Waals surface area (Å²) in [6, 6.07) is 8.94. The molecule has 0 heterocycles. The van der Waals surface area contributed by atoms with E-state index in [1.54, 1.807) is 6.08 Å². The number of isocyanates is 1. The molecule has 1 aliphatic rings. The average Bonchev–Trinajstić information content (AvgIpc) is 2.65. The van der Waals surface area contributed by atoms with Crippen LogP contribution in [0.15, 0.2) is 35.3 Å². The predicted molar refractivity (Wildman–Crippen MR) is 96.3 cm³/mol. The van der Waals surface area contributed by atoms with Gasteiger partial charge >= 0.3 is 12.0 Å². The first-order chi connectivity index (χ1) is 12.6. The van der Waals surface area contributed by atoms with Crippen molar-refractivity contribution in [1.82, 2.24) is 10.2 Å². The molecule has 0 saturated heterocycles. The van der Waals surface area contributed by atoms with Crippen LogP contribution in [0.4, 0.5) is 4.79 Å². The molecule has 2 N–H and O–H groups in total. The highest BCUT2D eigenvalue weighted by atomic mass is 16.4. The summed E-state index contributed by atoms with van der Waals surface area (Å²) in [5.41, 5.74) is 0.883. The molecule has 140 valence electrons. The van der Waals surface area contributed by atoms with Gasteiger partial charge in [-0.1, -0.05) is 36.8 Å². The van der Waals surface area contributed by atoms with Crippen molar-refractivity contribution in [3.63, 3.8) is 0 Å². The smallest absolute Gasteiger partial charge is 0.323 e. The maximum Gasteiger partial charge on any atom is 0.323 e. The number of carbonyl (C=O) groups excluding carboxylic acids is 2.